The number of unbranched alkanes of at least 4 members (excludes halogenated alkanes) is 1. The van der Waals surface area contributed by atoms with Gasteiger partial charge in [0.05, 0.1) is 149 Å². The van der Waals surface area contributed by atoms with Gasteiger partial charge in [0.15, 0.2) is 0 Å². The van der Waals surface area contributed by atoms with E-state index in [1.807, 2.05) is 6.92 Å². The minimum atomic E-state index is -1.01. The van der Waals surface area contributed by atoms with Gasteiger partial charge in [0, 0.05) is 18.7 Å². The molecule has 0 aromatic heterocycles. The summed E-state index contributed by atoms with van der Waals surface area (Å²) in [5, 5.41) is 5.33. The van der Waals surface area contributed by atoms with E-state index in [0.717, 1.165) is 30.6 Å². The fraction of sp³-hybridized carbons (Fsp3) is 0.744. The molecule has 19 nitrogen and oxygen atoms in total. The zero-order valence-electron chi connectivity index (χ0n) is 36.7. The summed E-state index contributed by atoms with van der Waals surface area (Å²) in [5.74, 6) is -2.33. The number of carbonyl (C=O) groups is 5. The number of hydrogen-bond donors (Lipinski definition) is 2. The summed E-state index contributed by atoms with van der Waals surface area (Å²) in [4.78, 5) is 63.0. The van der Waals surface area contributed by atoms with Crippen molar-refractivity contribution in [1.29, 1.82) is 0 Å². The number of anilines is 1. The smallest absolute Gasteiger partial charge is 0.308 e. The Morgan fingerprint density at radius 3 is 1.53 bits per heavy atom. The van der Waals surface area contributed by atoms with E-state index < -0.39 is 29.7 Å². The monoisotopic (exact) mass is 883 g/mol. The molecule has 0 bridgehead atoms. The van der Waals surface area contributed by atoms with Crippen molar-refractivity contribution in [2.45, 2.75) is 58.4 Å². The summed E-state index contributed by atoms with van der Waals surface area (Å²) in [6, 6.07) is 3.89. The van der Waals surface area contributed by atoms with Crippen LogP contribution in [0.25, 0.3) is 0 Å². The number of rotatable bonds is 40. The van der Waals surface area contributed by atoms with Crippen molar-refractivity contribution in [3.05, 3.63) is 29.3 Å². The fourth-order valence-corrected chi connectivity index (χ4v) is 6.26. The zero-order chi connectivity index (χ0) is 44.5. The molecule has 19 heteroatoms. The Morgan fingerprint density at radius 2 is 1.10 bits per heavy atom. The highest BCUT2D eigenvalue weighted by Gasteiger charge is 2.45. The van der Waals surface area contributed by atoms with Crippen LogP contribution < -0.4 is 10.6 Å². The lowest BCUT2D eigenvalue weighted by Crippen LogP contribution is -2.54. The first kappa shape index (κ1) is 52.7. The molecule has 4 amide bonds. The quantitative estimate of drug-likeness (QED) is 0.0550. The summed E-state index contributed by atoms with van der Waals surface area (Å²) in [5.41, 5.74) is 0.898. The number of imide groups is 2. The summed E-state index contributed by atoms with van der Waals surface area (Å²) >= 11 is 0. The molecule has 352 valence electrons. The third kappa shape index (κ3) is 21.2. The third-order valence-electron chi connectivity index (χ3n) is 9.58. The van der Waals surface area contributed by atoms with Crippen molar-refractivity contribution in [3.63, 3.8) is 0 Å². The topological polar surface area (TPSA) is 214 Å². The normalized spacial score (nSPS) is 15.6. The predicted molar refractivity (Wildman–Crippen MR) is 224 cm³/mol. The molecule has 2 aliphatic heterocycles. The van der Waals surface area contributed by atoms with Gasteiger partial charge in [0.1, 0.15) is 12.6 Å². The highest BCUT2D eigenvalue weighted by atomic mass is 16.6. The average molecular weight is 884 g/mol. The van der Waals surface area contributed by atoms with Gasteiger partial charge < -0.3 is 57.4 Å². The Labute approximate surface area is 365 Å². The highest BCUT2D eigenvalue weighted by molar-refractivity contribution is 6.25. The summed E-state index contributed by atoms with van der Waals surface area (Å²) in [7, 11) is 0. The molecule has 62 heavy (non-hydrogen) atoms. The van der Waals surface area contributed by atoms with Gasteiger partial charge in [-0.05, 0) is 31.4 Å². The Balaban J connectivity index is 0.982. The Hall–Kier alpha value is -3.63. The van der Waals surface area contributed by atoms with Crippen LogP contribution in [-0.4, -0.2) is 186 Å². The second-order valence-electron chi connectivity index (χ2n) is 14.1. The van der Waals surface area contributed by atoms with E-state index in [4.69, 9.17) is 52.1 Å². The van der Waals surface area contributed by atoms with E-state index in [1.54, 1.807) is 18.2 Å². The minimum absolute atomic E-state index is 0.0177. The van der Waals surface area contributed by atoms with Crippen LogP contribution in [0.2, 0.25) is 0 Å². The maximum Gasteiger partial charge on any atom is 0.308 e. The van der Waals surface area contributed by atoms with Gasteiger partial charge in [-0.1, -0.05) is 32.8 Å². The fourth-order valence-electron chi connectivity index (χ4n) is 6.26. The Morgan fingerprint density at radius 1 is 0.645 bits per heavy atom. The lowest BCUT2D eigenvalue weighted by Gasteiger charge is -2.27. The maximum absolute atomic E-state index is 13.2. The number of piperidine rings is 1. The second kappa shape index (κ2) is 33.9. The molecule has 0 saturated carbocycles. The molecule has 0 radical (unpaired) electrons. The van der Waals surface area contributed by atoms with Crippen LogP contribution in [0.1, 0.15) is 73.1 Å². The molecule has 2 aliphatic rings. The lowest BCUT2D eigenvalue weighted by molar-refractivity contribution is -0.150. The molecule has 2 unspecified atom stereocenters. The summed E-state index contributed by atoms with van der Waals surface area (Å²) in [6.45, 7) is 13.4. The van der Waals surface area contributed by atoms with Gasteiger partial charge in [-0.2, -0.15) is 0 Å². The first-order valence-corrected chi connectivity index (χ1v) is 21.9. The number of nitrogens with one attached hydrogen (secondary N) is 2. The second-order valence-corrected chi connectivity index (χ2v) is 14.1. The standard InChI is InChI=1S/C43H69N3O16/c1-3-5-7-34(4-2)43(51)62-33-32-61-31-30-60-29-28-59-27-26-58-25-24-57-23-22-56-21-20-55-19-18-54-17-16-53-15-14-52-13-12-44-36-9-6-8-35-39(36)42(50)46(41(35)49)37-10-11-38(47)45-40(37)48/h6,8-9,34,37,44H,3-5,7,10-33H2,1-2H3,(H,45,47,48). The number of benzene rings is 1. The SMILES string of the molecule is CCCCC(CC)C(=O)OCCOCCOCCOCCOCCOCCOCCOCCOCCOCCOCCNc1cccc2c1C(=O)N(C1CCC(=O)NC1=O)C2=O. The Kier molecular flexibility index (Phi) is 28.8. The van der Waals surface area contributed by atoms with E-state index in [9.17, 15) is 24.0 Å². The van der Waals surface area contributed by atoms with Gasteiger partial charge in [-0.25, -0.2) is 0 Å². The molecule has 2 heterocycles. The molecule has 2 N–H and O–H groups in total. The van der Waals surface area contributed by atoms with Crippen LogP contribution in [0, 0.1) is 5.92 Å². The van der Waals surface area contributed by atoms with Crippen LogP contribution in [-0.2, 0) is 66.5 Å². The maximum atomic E-state index is 13.2. The van der Waals surface area contributed by atoms with Crippen molar-refractivity contribution >= 4 is 35.3 Å². The van der Waals surface area contributed by atoms with Crippen LogP contribution in [0.3, 0.4) is 0 Å². The largest absolute Gasteiger partial charge is 0.463 e. The predicted octanol–water partition coefficient (Wildman–Crippen LogP) is 2.43. The number of fused-ring (bicyclic) bond motifs is 1. The number of amides is 4. The van der Waals surface area contributed by atoms with E-state index in [1.165, 1.54) is 0 Å². The number of hydrogen-bond acceptors (Lipinski definition) is 17. The Bertz CT molecular complexity index is 1440. The molecule has 1 aromatic rings. The van der Waals surface area contributed by atoms with Gasteiger partial charge in [-0.15, -0.1) is 0 Å². The van der Waals surface area contributed by atoms with Gasteiger partial charge in [-0.3, -0.25) is 34.2 Å². The van der Waals surface area contributed by atoms with E-state index in [0.29, 0.717) is 144 Å². The van der Waals surface area contributed by atoms with Crippen molar-refractivity contribution in [1.82, 2.24) is 10.2 Å². The van der Waals surface area contributed by atoms with Crippen molar-refractivity contribution in [2.75, 3.05) is 151 Å². The molecular weight excluding hydrogens is 814 g/mol. The lowest BCUT2D eigenvalue weighted by atomic mass is 10.00. The molecular formula is C43H69N3O16. The number of nitrogens with zero attached hydrogens (tertiary/aromatic N) is 1. The van der Waals surface area contributed by atoms with Crippen LogP contribution >= 0.6 is 0 Å². The number of ether oxygens (including phenoxy) is 11. The minimum Gasteiger partial charge on any atom is -0.463 e. The summed E-state index contributed by atoms with van der Waals surface area (Å²) in [6.07, 6.45) is 3.95. The van der Waals surface area contributed by atoms with Crippen molar-refractivity contribution < 1.29 is 76.1 Å². The average Bonchev–Trinajstić information content (AvgIpc) is 3.52. The first-order valence-electron chi connectivity index (χ1n) is 21.9. The van der Waals surface area contributed by atoms with E-state index in [2.05, 4.69) is 17.6 Å². The molecule has 1 aromatic carbocycles. The van der Waals surface area contributed by atoms with E-state index >= 15 is 0 Å². The van der Waals surface area contributed by atoms with Crippen LogP contribution in [0.4, 0.5) is 5.69 Å². The van der Waals surface area contributed by atoms with E-state index in [-0.39, 0.29) is 42.5 Å². The molecule has 1 saturated heterocycles. The van der Waals surface area contributed by atoms with Crippen molar-refractivity contribution in [2.24, 2.45) is 5.92 Å². The third-order valence-corrected chi connectivity index (χ3v) is 9.58. The first-order chi connectivity index (χ1) is 30.4. The molecule has 1 fully saturated rings. The zero-order valence-corrected chi connectivity index (χ0v) is 36.7. The van der Waals surface area contributed by atoms with Gasteiger partial charge in [0.25, 0.3) is 11.8 Å². The van der Waals surface area contributed by atoms with Gasteiger partial charge in [0.2, 0.25) is 11.8 Å². The number of esters is 1. The molecule has 2 atom stereocenters. The number of carbonyl (C=O) groups excluding carboxylic acids is 5. The highest BCUT2D eigenvalue weighted by Crippen LogP contribution is 2.32. The van der Waals surface area contributed by atoms with Crippen LogP contribution in [0.5, 0.6) is 0 Å². The molecule has 0 spiro atoms. The molecule has 3 rings (SSSR count). The molecule has 0 aliphatic carbocycles. The van der Waals surface area contributed by atoms with Gasteiger partial charge >= 0.3 is 5.97 Å². The van der Waals surface area contributed by atoms with Crippen molar-refractivity contribution in [3.8, 4) is 0 Å². The van der Waals surface area contributed by atoms with Crippen LogP contribution in [0.15, 0.2) is 18.2 Å². The summed E-state index contributed by atoms with van der Waals surface area (Å²) < 4.78 is 60.3.